The number of hydrogen-bond acceptors (Lipinski definition) is 5. The van der Waals surface area contributed by atoms with Crippen molar-refractivity contribution in [3.8, 4) is 0 Å². The van der Waals surface area contributed by atoms with Gasteiger partial charge in [-0.05, 0) is 18.9 Å². The van der Waals surface area contributed by atoms with Gasteiger partial charge in [0, 0.05) is 18.5 Å². The van der Waals surface area contributed by atoms with E-state index in [0.29, 0.717) is 11.4 Å². The topological polar surface area (TPSA) is 92.5 Å². The third-order valence-corrected chi connectivity index (χ3v) is 4.17. The van der Waals surface area contributed by atoms with Crippen molar-refractivity contribution in [2.75, 3.05) is 6.54 Å². The second-order valence-electron chi connectivity index (χ2n) is 4.36. The summed E-state index contributed by atoms with van der Waals surface area (Å²) in [6.45, 7) is 0.422. The summed E-state index contributed by atoms with van der Waals surface area (Å²) in [5.41, 5.74) is 0. The lowest BCUT2D eigenvalue weighted by Crippen LogP contribution is -2.31. The van der Waals surface area contributed by atoms with E-state index in [9.17, 15) is 20.0 Å². The lowest BCUT2D eigenvalue weighted by molar-refractivity contribution is -0.380. The minimum absolute atomic E-state index is 0.0407. The SMILES string of the molecule is O=C(NCC1CCCC1O)c1ccc([N+](=O)[O-])s1. The number of nitro groups is 1. The molecule has 0 bridgehead atoms. The van der Waals surface area contributed by atoms with Crippen LogP contribution in [0.15, 0.2) is 12.1 Å². The Bertz CT molecular complexity index is 460. The molecule has 1 aromatic rings. The summed E-state index contributed by atoms with van der Waals surface area (Å²) in [6.07, 6.45) is 2.33. The molecule has 0 spiro atoms. The quantitative estimate of drug-likeness (QED) is 0.641. The van der Waals surface area contributed by atoms with E-state index < -0.39 is 4.92 Å². The van der Waals surface area contributed by atoms with Crippen molar-refractivity contribution in [1.82, 2.24) is 5.32 Å². The number of nitrogens with one attached hydrogen (secondary N) is 1. The highest BCUT2D eigenvalue weighted by Crippen LogP contribution is 2.26. The molecule has 0 saturated heterocycles. The van der Waals surface area contributed by atoms with Gasteiger partial charge in [0.05, 0.1) is 15.9 Å². The standard InChI is InChI=1S/C11H14N2O4S/c14-8-3-1-2-7(8)6-12-11(15)9-4-5-10(18-9)13(16)17/h4-5,7-8,14H,1-3,6H2,(H,12,15). The second-order valence-corrected chi connectivity index (χ2v) is 5.43. The molecular weight excluding hydrogens is 256 g/mol. The molecule has 2 atom stereocenters. The van der Waals surface area contributed by atoms with E-state index in [0.717, 1.165) is 30.6 Å². The summed E-state index contributed by atoms with van der Waals surface area (Å²) in [6, 6.07) is 2.77. The maximum Gasteiger partial charge on any atom is 0.324 e. The first-order valence-corrected chi connectivity index (χ1v) is 6.60. The molecule has 0 radical (unpaired) electrons. The van der Waals surface area contributed by atoms with Gasteiger partial charge >= 0.3 is 5.00 Å². The number of aliphatic hydroxyl groups excluding tert-OH is 1. The molecule has 6 nitrogen and oxygen atoms in total. The Balaban J connectivity index is 1.89. The summed E-state index contributed by atoms with van der Waals surface area (Å²) in [7, 11) is 0. The molecule has 2 unspecified atom stereocenters. The first kappa shape index (κ1) is 13.0. The molecule has 2 rings (SSSR count). The van der Waals surface area contributed by atoms with Crippen LogP contribution in [0, 0.1) is 16.0 Å². The molecule has 7 heteroatoms. The van der Waals surface area contributed by atoms with E-state index in [4.69, 9.17) is 0 Å². The molecule has 1 amide bonds. The van der Waals surface area contributed by atoms with Gasteiger partial charge in [-0.2, -0.15) is 0 Å². The third-order valence-electron chi connectivity index (χ3n) is 3.14. The zero-order valence-electron chi connectivity index (χ0n) is 9.67. The van der Waals surface area contributed by atoms with Crippen LogP contribution in [0.4, 0.5) is 5.00 Å². The van der Waals surface area contributed by atoms with Crippen molar-refractivity contribution in [2.24, 2.45) is 5.92 Å². The Hall–Kier alpha value is -1.47. The zero-order valence-corrected chi connectivity index (χ0v) is 10.5. The van der Waals surface area contributed by atoms with Crippen molar-refractivity contribution in [3.63, 3.8) is 0 Å². The van der Waals surface area contributed by atoms with E-state index in [1.165, 1.54) is 12.1 Å². The summed E-state index contributed by atoms with van der Waals surface area (Å²) < 4.78 is 0. The average molecular weight is 270 g/mol. The number of amides is 1. The Kier molecular flexibility index (Phi) is 3.93. The summed E-state index contributed by atoms with van der Waals surface area (Å²) in [5.74, 6) is -0.212. The Morgan fingerprint density at radius 1 is 1.56 bits per heavy atom. The van der Waals surface area contributed by atoms with E-state index in [1.807, 2.05) is 0 Å². The summed E-state index contributed by atoms with van der Waals surface area (Å²) in [5, 5.41) is 22.8. The number of hydrogen-bond donors (Lipinski definition) is 2. The minimum atomic E-state index is -0.512. The number of carbonyl (C=O) groups is 1. The van der Waals surface area contributed by atoms with Gasteiger partial charge in [-0.3, -0.25) is 14.9 Å². The van der Waals surface area contributed by atoms with Gasteiger partial charge in [0.15, 0.2) is 0 Å². The molecule has 1 aliphatic rings. The normalized spacial score (nSPS) is 22.9. The highest BCUT2D eigenvalue weighted by molar-refractivity contribution is 7.17. The number of aliphatic hydroxyl groups is 1. The summed E-state index contributed by atoms with van der Waals surface area (Å²) in [4.78, 5) is 22.1. The first-order chi connectivity index (χ1) is 8.58. The van der Waals surface area contributed by atoms with Gasteiger partial charge < -0.3 is 10.4 Å². The van der Waals surface area contributed by atoms with Crippen LogP contribution < -0.4 is 5.32 Å². The van der Waals surface area contributed by atoms with Gasteiger partial charge in [0.1, 0.15) is 0 Å². The summed E-state index contributed by atoms with van der Waals surface area (Å²) >= 11 is 0.859. The van der Waals surface area contributed by atoms with Crippen LogP contribution >= 0.6 is 11.3 Å². The maximum atomic E-state index is 11.7. The number of nitrogens with zero attached hydrogens (tertiary/aromatic N) is 1. The average Bonchev–Trinajstić information content (AvgIpc) is 2.94. The fourth-order valence-corrected chi connectivity index (χ4v) is 2.85. The number of thiophene rings is 1. The Labute approximate surface area is 108 Å². The van der Waals surface area contributed by atoms with Gasteiger partial charge in [0.2, 0.25) is 0 Å². The molecule has 1 fully saturated rings. The van der Waals surface area contributed by atoms with Gasteiger partial charge in [0.25, 0.3) is 5.91 Å². The highest BCUT2D eigenvalue weighted by Gasteiger charge is 2.25. The van der Waals surface area contributed by atoms with Gasteiger partial charge in [-0.15, -0.1) is 0 Å². The molecule has 18 heavy (non-hydrogen) atoms. The van der Waals surface area contributed by atoms with Crippen molar-refractivity contribution in [1.29, 1.82) is 0 Å². The monoisotopic (exact) mass is 270 g/mol. The van der Waals surface area contributed by atoms with Crippen LogP contribution in [0.3, 0.4) is 0 Å². The van der Waals surface area contributed by atoms with Crippen LogP contribution in [0.5, 0.6) is 0 Å². The third kappa shape index (κ3) is 2.85. The van der Waals surface area contributed by atoms with Crippen LogP contribution in [0.1, 0.15) is 28.9 Å². The lowest BCUT2D eigenvalue weighted by atomic mass is 10.1. The minimum Gasteiger partial charge on any atom is -0.393 e. The Morgan fingerprint density at radius 2 is 2.33 bits per heavy atom. The van der Waals surface area contributed by atoms with Crippen LogP contribution in [0.25, 0.3) is 0 Å². The largest absolute Gasteiger partial charge is 0.393 e. The second kappa shape index (κ2) is 5.45. The lowest BCUT2D eigenvalue weighted by Gasteiger charge is -2.14. The van der Waals surface area contributed by atoms with Gasteiger partial charge in [-0.1, -0.05) is 17.8 Å². The fourth-order valence-electron chi connectivity index (χ4n) is 2.11. The van der Waals surface area contributed by atoms with Gasteiger partial charge in [-0.25, -0.2) is 0 Å². The first-order valence-electron chi connectivity index (χ1n) is 5.78. The van der Waals surface area contributed by atoms with Crippen molar-refractivity contribution >= 4 is 22.2 Å². The predicted molar refractivity (Wildman–Crippen MR) is 66.7 cm³/mol. The molecule has 1 saturated carbocycles. The highest BCUT2D eigenvalue weighted by atomic mass is 32.1. The van der Waals surface area contributed by atoms with E-state index in [-0.39, 0.29) is 22.9 Å². The van der Waals surface area contributed by atoms with E-state index in [2.05, 4.69) is 5.32 Å². The van der Waals surface area contributed by atoms with Crippen LogP contribution in [-0.2, 0) is 0 Å². The molecule has 2 N–H and O–H groups in total. The molecule has 1 heterocycles. The smallest absolute Gasteiger partial charge is 0.324 e. The maximum absolute atomic E-state index is 11.7. The van der Waals surface area contributed by atoms with Crippen molar-refractivity contribution < 1.29 is 14.8 Å². The molecule has 1 aromatic heterocycles. The zero-order chi connectivity index (χ0) is 13.1. The fraction of sp³-hybridized carbons (Fsp3) is 0.545. The number of rotatable bonds is 4. The molecule has 0 aliphatic heterocycles. The molecule has 0 aromatic carbocycles. The number of carbonyl (C=O) groups excluding carboxylic acids is 1. The molecule has 1 aliphatic carbocycles. The van der Waals surface area contributed by atoms with Crippen LogP contribution in [0.2, 0.25) is 0 Å². The predicted octanol–water partition coefficient (Wildman–Crippen LogP) is 1.55. The van der Waals surface area contributed by atoms with Crippen molar-refractivity contribution in [3.05, 3.63) is 27.1 Å². The van der Waals surface area contributed by atoms with E-state index >= 15 is 0 Å². The van der Waals surface area contributed by atoms with Crippen molar-refractivity contribution in [2.45, 2.75) is 25.4 Å². The molecule has 98 valence electrons. The molecular formula is C11H14N2O4S. The van der Waals surface area contributed by atoms with Crippen LogP contribution in [-0.4, -0.2) is 28.6 Å². The Morgan fingerprint density at radius 3 is 2.89 bits per heavy atom. The van der Waals surface area contributed by atoms with E-state index in [1.54, 1.807) is 0 Å².